The lowest BCUT2D eigenvalue weighted by Crippen LogP contribution is -2.19. The van der Waals surface area contributed by atoms with E-state index in [9.17, 15) is 0 Å². The Kier molecular flexibility index (Phi) is 2.76. The maximum atomic E-state index is 5.91. The summed E-state index contributed by atoms with van der Waals surface area (Å²) in [5.74, 6) is 0. The number of pyridine rings is 1. The van der Waals surface area contributed by atoms with E-state index in [-0.39, 0.29) is 6.23 Å². The van der Waals surface area contributed by atoms with Gasteiger partial charge in [0.05, 0.1) is 11.2 Å². The first-order valence-electron chi connectivity index (χ1n) is 5.88. The normalized spacial score (nSPS) is 20.9. The minimum atomic E-state index is 0.0444. The van der Waals surface area contributed by atoms with Gasteiger partial charge in [0.1, 0.15) is 10.7 Å². The van der Waals surface area contributed by atoms with E-state index in [0.717, 1.165) is 36.2 Å². The number of nitrogens with zero attached hydrogens (tertiary/aromatic N) is 3. The Hall–Kier alpha value is -1.13. The van der Waals surface area contributed by atoms with Crippen molar-refractivity contribution in [2.75, 3.05) is 6.61 Å². The SMILES string of the molecule is Cc1nn(C2CCCCO2)c2ccc(Cl)nc12. The van der Waals surface area contributed by atoms with E-state index in [1.165, 1.54) is 6.42 Å². The van der Waals surface area contributed by atoms with E-state index < -0.39 is 0 Å². The molecule has 1 fully saturated rings. The number of fused-ring (bicyclic) bond motifs is 1. The predicted molar refractivity (Wildman–Crippen MR) is 66.1 cm³/mol. The van der Waals surface area contributed by atoms with Crippen LogP contribution in [0, 0.1) is 6.92 Å². The Morgan fingerprint density at radius 3 is 3.06 bits per heavy atom. The van der Waals surface area contributed by atoms with E-state index in [2.05, 4.69) is 10.1 Å². The first-order chi connectivity index (χ1) is 8.25. The molecule has 0 amide bonds. The van der Waals surface area contributed by atoms with Gasteiger partial charge in [0.25, 0.3) is 0 Å². The summed E-state index contributed by atoms with van der Waals surface area (Å²) in [6, 6.07) is 3.76. The van der Waals surface area contributed by atoms with E-state index in [4.69, 9.17) is 16.3 Å². The molecule has 1 atom stereocenters. The van der Waals surface area contributed by atoms with Crippen molar-refractivity contribution < 1.29 is 4.74 Å². The minimum absolute atomic E-state index is 0.0444. The third kappa shape index (κ3) is 1.91. The van der Waals surface area contributed by atoms with Crippen LogP contribution in [0.3, 0.4) is 0 Å². The number of aryl methyl sites for hydroxylation is 1. The topological polar surface area (TPSA) is 39.9 Å². The molecule has 1 aliphatic rings. The van der Waals surface area contributed by atoms with Gasteiger partial charge in [-0.1, -0.05) is 11.6 Å². The molecule has 5 heteroatoms. The second-order valence-electron chi connectivity index (χ2n) is 4.35. The molecule has 0 aromatic carbocycles. The lowest BCUT2D eigenvalue weighted by molar-refractivity contribution is -0.0368. The molecule has 17 heavy (non-hydrogen) atoms. The molecule has 2 aromatic rings. The molecule has 1 aliphatic heterocycles. The number of aromatic nitrogens is 3. The third-order valence-corrected chi connectivity index (χ3v) is 3.33. The van der Waals surface area contributed by atoms with Crippen LogP contribution in [0.5, 0.6) is 0 Å². The molecule has 1 saturated heterocycles. The lowest BCUT2D eigenvalue weighted by Gasteiger charge is -2.23. The molecule has 0 saturated carbocycles. The van der Waals surface area contributed by atoms with Crippen molar-refractivity contribution in [2.45, 2.75) is 32.4 Å². The number of halogens is 1. The Balaban J connectivity index is 2.10. The first-order valence-corrected chi connectivity index (χ1v) is 6.26. The van der Waals surface area contributed by atoms with Crippen molar-refractivity contribution in [3.05, 3.63) is 23.0 Å². The summed E-state index contributed by atoms with van der Waals surface area (Å²) in [7, 11) is 0. The van der Waals surface area contributed by atoms with Gasteiger partial charge in [0.15, 0.2) is 6.23 Å². The van der Waals surface area contributed by atoms with Crippen molar-refractivity contribution in [3.63, 3.8) is 0 Å². The van der Waals surface area contributed by atoms with E-state index in [0.29, 0.717) is 5.15 Å². The van der Waals surface area contributed by atoms with Gasteiger partial charge < -0.3 is 4.74 Å². The zero-order valence-corrected chi connectivity index (χ0v) is 10.4. The molecule has 0 spiro atoms. The van der Waals surface area contributed by atoms with Gasteiger partial charge >= 0.3 is 0 Å². The van der Waals surface area contributed by atoms with Crippen LogP contribution >= 0.6 is 11.6 Å². The largest absolute Gasteiger partial charge is 0.356 e. The third-order valence-electron chi connectivity index (χ3n) is 3.12. The monoisotopic (exact) mass is 251 g/mol. The van der Waals surface area contributed by atoms with Crippen LogP contribution in [-0.2, 0) is 4.74 Å². The van der Waals surface area contributed by atoms with Crippen LogP contribution in [0.1, 0.15) is 31.2 Å². The van der Waals surface area contributed by atoms with Gasteiger partial charge in [0.2, 0.25) is 0 Å². The van der Waals surface area contributed by atoms with Crippen molar-refractivity contribution in [3.8, 4) is 0 Å². The fourth-order valence-electron chi connectivity index (χ4n) is 2.28. The highest BCUT2D eigenvalue weighted by atomic mass is 35.5. The molecule has 3 heterocycles. The number of ether oxygens (including phenoxy) is 1. The summed E-state index contributed by atoms with van der Waals surface area (Å²) >= 11 is 5.91. The molecular weight excluding hydrogens is 238 g/mol. The summed E-state index contributed by atoms with van der Waals surface area (Å²) < 4.78 is 7.69. The smallest absolute Gasteiger partial charge is 0.150 e. The fraction of sp³-hybridized carbons (Fsp3) is 0.500. The van der Waals surface area contributed by atoms with Crippen molar-refractivity contribution in [2.24, 2.45) is 0 Å². The van der Waals surface area contributed by atoms with E-state index >= 15 is 0 Å². The highest BCUT2D eigenvalue weighted by Crippen LogP contribution is 2.27. The average molecular weight is 252 g/mol. The molecule has 90 valence electrons. The maximum Gasteiger partial charge on any atom is 0.150 e. The van der Waals surface area contributed by atoms with Crippen LogP contribution in [0.25, 0.3) is 11.0 Å². The number of hydrogen-bond donors (Lipinski definition) is 0. The number of hydrogen-bond acceptors (Lipinski definition) is 3. The Morgan fingerprint density at radius 2 is 2.29 bits per heavy atom. The van der Waals surface area contributed by atoms with Crippen LogP contribution in [0.4, 0.5) is 0 Å². The molecule has 4 nitrogen and oxygen atoms in total. The van der Waals surface area contributed by atoms with Crippen molar-refractivity contribution in [1.82, 2.24) is 14.8 Å². The second kappa shape index (κ2) is 4.27. The molecule has 1 unspecified atom stereocenters. The van der Waals surface area contributed by atoms with Gasteiger partial charge in [-0.05, 0) is 38.3 Å². The Labute approximate surface area is 105 Å². The van der Waals surface area contributed by atoms with E-state index in [1.54, 1.807) is 6.07 Å². The molecular formula is C12H14ClN3O. The van der Waals surface area contributed by atoms with Crippen LogP contribution < -0.4 is 0 Å². The summed E-state index contributed by atoms with van der Waals surface area (Å²) in [5.41, 5.74) is 2.77. The van der Waals surface area contributed by atoms with Crippen molar-refractivity contribution in [1.29, 1.82) is 0 Å². The van der Waals surface area contributed by atoms with E-state index in [1.807, 2.05) is 17.7 Å². The van der Waals surface area contributed by atoms with Gasteiger partial charge in [-0.15, -0.1) is 0 Å². The predicted octanol–water partition coefficient (Wildman–Crippen LogP) is 3.09. The fourth-order valence-corrected chi connectivity index (χ4v) is 2.43. The molecule has 0 radical (unpaired) electrons. The highest BCUT2D eigenvalue weighted by molar-refractivity contribution is 6.29. The van der Waals surface area contributed by atoms with Crippen LogP contribution in [0.15, 0.2) is 12.1 Å². The molecule has 0 bridgehead atoms. The molecule has 3 rings (SSSR count). The van der Waals surface area contributed by atoms with Crippen LogP contribution in [-0.4, -0.2) is 21.4 Å². The van der Waals surface area contributed by atoms with Crippen LogP contribution in [0.2, 0.25) is 5.15 Å². The zero-order valence-electron chi connectivity index (χ0n) is 9.69. The summed E-state index contributed by atoms with van der Waals surface area (Å²) in [6.45, 7) is 2.76. The Bertz CT molecular complexity index is 546. The van der Waals surface area contributed by atoms with Gasteiger partial charge in [0, 0.05) is 6.61 Å². The summed E-state index contributed by atoms with van der Waals surface area (Å²) in [5, 5.41) is 5.03. The molecule has 0 aliphatic carbocycles. The quantitative estimate of drug-likeness (QED) is 0.732. The number of rotatable bonds is 1. The molecule has 0 N–H and O–H groups in total. The summed E-state index contributed by atoms with van der Waals surface area (Å²) in [4.78, 5) is 4.32. The summed E-state index contributed by atoms with van der Waals surface area (Å²) in [6.07, 6.45) is 3.38. The maximum absolute atomic E-state index is 5.91. The van der Waals surface area contributed by atoms with Gasteiger partial charge in [-0.2, -0.15) is 5.10 Å². The zero-order chi connectivity index (χ0) is 11.8. The second-order valence-corrected chi connectivity index (χ2v) is 4.74. The highest BCUT2D eigenvalue weighted by Gasteiger charge is 2.20. The molecule has 2 aromatic heterocycles. The van der Waals surface area contributed by atoms with Gasteiger partial charge in [-0.3, -0.25) is 0 Å². The average Bonchev–Trinajstić information content (AvgIpc) is 2.68. The van der Waals surface area contributed by atoms with Crippen molar-refractivity contribution >= 4 is 22.6 Å². The van der Waals surface area contributed by atoms with Gasteiger partial charge in [-0.25, -0.2) is 9.67 Å². The minimum Gasteiger partial charge on any atom is -0.356 e. The standard InChI is InChI=1S/C12H14ClN3O/c1-8-12-9(5-6-10(13)14-12)16(15-8)11-4-2-3-7-17-11/h5-6,11H,2-4,7H2,1H3. The Morgan fingerprint density at radius 1 is 1.41 bits per heavy atom. The lowest BCUT2D eigenvalue weighted by atomic mass is 10.2. The first kappa shape index (κ1) is 11.0.